The van der Waals surface area contributed by atoms with E-state index in [1.165, 1.54) is 43.3 Å². The summed E-state index contributed by atoms with van der Waals surface area (Å²) in [7, 11) is 2.90. The number of nitrogens with one attached hydrogen (secondary N) is 2. The molecule has 3 amide bonds. The van der Waals surface area contributed by atoms with Gasteiger partial charge in [-0.2, -0.15) is 0 Å². The van der Waals surface area contributed by atoms with Crippen LogP contribution in [0, 0.1) is 5.82 Å². The second kappa shape index (κ2) is 9.33. The molecule has 0 spiro atoms. The molecule has 2 aromatic rings. The maximum atomic E-state index is 12.9. The van der Waals surface area contributed by atoms with Crippen molar-refractivity contribution in [3.8, 4) is 5.75 Å². The average Bonchev–Trinajstić information content (AvgIpc) is 2.67. The number of para-hydroxylation sites is 1. The number of hydrogen-bond acceptors (Lipinski definition) is 4. The number of methoxy groups -OCH3 is 1. The lowest BCUT2D eigenvalue weighted by molar-refractivity contribution is -0.132. The molecule has 2 rings (SSSR count). The van der Waals surface area contributed by atoms with Crippen molar-refractivity contribution in [2.45, 2.75) is 0 Å². The smallest absolute Gasteiger partial charge is 0.255 e. The summed E-state index contributed by atoms with van der Waals surface area (Å²) in [6, 6.07) is 11.9. The van der Waals surface area contributed by atoms with E-state index in [-0.39, 0.29) is 13.1 Å². The topological polar surface area (TPSA) is 87.7 Å². The van der Waals surface area contributed by atoms with Crippen molar-refractivity contribution < 1.29 is 23.5 Å². The highest BCUT2D eigenvalue weighted by Crippen LogP contribution is 2.16. The van der Waals surface area contributed by atoms with Gasteiger partial charge in [-0.15, -0.1) is 0 Å². The molecular formula is C19H20FN3O4. The molecule has 0 bridgehead atoms. The van der Waals surface area contributed by atoms with Gasteiger partial charge in [0.15, 0.2) is 0 Å². The minimum atomic E-state index is -0.454. The van der Waals surface area contributed by atoms with Gasteiger partial charge in [0.1, 0.15) is 11.6 Å². The van der Waals surface area contributed by atoms with Crippen LogP contribution in [0.4, 0.5) is 10.1 Å². The lowest BCUT2D eigenvalue weighted by Gasteiger charge is -2.17. The van der Waals surface area contributed by atoms with Gasteiger partial charge < -0.3 is 20.3 Å². The molecule has 0 saturated heterocycles. The lowest BCUT2D eigenvalue weighted by Crippen LogP contribution is -2.41. The van der Waals surface area contributed by atoms with E-state index in [2.05, 4.69) is 10.6 Å². The third kappa shape index (κ3) is 5.81. The van der Waals surface area contributed by atoms with E-state index in [0.717, 1.165) is 0 Å². The number of hydrogen-bond donors (Lipinski definition) is 2. The molecule has 0 fully saturated rings. The lowest BCUT2D eigenvalue weighted by atomic mass is 10.2. The number of anilines is 1. The van der Waals surface area contributed by atoms with Gasteiger partial charge in [0.2, 0.25) is 11.8 Å². The summed E-state index contributed by atoms with van der Waals surface area (Å²) in [6.45, 7) is -0.474. The molecule has 27 heavy (non-hydrogen) atoms. The summed E-state index contributed by atoms with van der Waals surface area (Å²) in [5.41, 5.74) is 0.733. The van der Waals surface area contributed by atoms with E-state index < -0.39 is 23.5 Å². The van der Waals surface area contributed by atoms with Crippen LogP contribution in [-0.4, -0.2) is 49.9 Å². The van der Waals surface area contributed by atoms with E-state index >= 15 is 0 Å². The van der Waals surface area contributed by atoms with E-state index in [9.17, 15) is 18.8 Å². The Labute approximate surface area is 156 Å². The molecule has 0 heterocycles. The molecule has 0 aromatic heterocycles. The number of halogens is 1. The van der Waals surface area contributed by atoms with Crippen molar-refractivity contribution in [3.05, 3.63) is 59.9 Å². The first-order valence-corrected chi connectivity index (χ1v) is 8.11. The van der Waals surface area contributed by atoms with Crippen LogP contribution in [0.3, 0.4) is 0 Å². The summed E-state index contributed by atoms with van der Waals surface area (Å²) in [4.78, 5) is 37.4. The Hall–Kier alpha value is -3.42. The first-order chi connectivity index (χ1) is 12.9. The van der Waals surface area contributed by atoms with Crippen LogP contribution < -0.4 is 15.4 Å². The number of amides is 3. The van der Waals surface area contributed by atoms with Gasteiger partial charge in [-0.05, 0) is 36.4 Å². The van der Waals surface area contributed by atoms with Crippen LogP contribution in [0.1, 0.15) is 10.4 Å². The molecule has 0 unspecified atom stereocenters. The van der Waals surface area contributed by atoms with Gasteiger partial charge in [0.05, 0.1) is 25.8 Å². The Morgan fingerprint density at radius 3 is 2.41 bits per heavy atom. The molecule has 0 radical (unpaired) electrons. The Balaban J connectivity index is 1.83. The number of rotatable bonds is 7. The summed E-state index contributed by atoms with van der Waals surface area (Å²) >= 11 is 0. The first kappa shape index (κ1) is 19.9. The highest BCUT2D eigenvalue weighted by molar-refractivity contribution is 5.99. The maximum Gasteiger partial charge on any atom is 0.255 e. The van der Waals surface area contributed by atoms with Crippen LogP contribution >= 0.6 is 0 Å². The van der Waals surface area contributed by atoms with Crippen LogP contribution in [0.5, 0.6) is 5.75 Å². The predicted molar refractivity (Wildman–Crippen MR) is 98.0 cm³/mol. The molecule has 0 aliphatic carbocycles. The predicted octanol–water partition coefficient (Wildman–Crippen LogP) is 1.66. The first-order valence-electron chi connectivity index (χ1n) is 8.11. The van der Waals surface area contributed by atoms with Gasteiger partial charge in [0.25, 0.3) is 5.91 Å². The normalized spacial score (nSPS) is 10.0. The van der Waals surface area contributed by atoms with E-state index in [4.69, 9.17) is 4.74 Å². The molecule has 2 N–H and O–H groups in total. The zero-order valence-electron chi connectivity index (χ0n) is 15.0. The summed E-state index contributed by atoms with van der Waals surface area (Å²) < 4.78 is 18.0. The standard InChI is InChI=1S/C19H20FN3O4/c1-23(12-17(24)22-14-9-7-13(20)8-10-14)18(25)11-21-19(26)15-5-3-4-6-16(15)27-2/h3-10H,11-12H2,1-2H3,(H,21,26)(H,22,24). The van der Waals surface area contributed by atoms with Crippen LogP contribution in [0.15, 0.2) is 48.5 Å². The van der Waals surface area contributed by atoms with Crippen LogP contribution in [-0.2, 0) is 9.59 Å². The van der Waals surface area contributed by atoms with Crippen molar-refractivity contribution in [2.75, 3.05) is 32.6 Å². The van der Waals surface area contributed by atoms with Gasteiger partial charge in [0, 0.05) is 12.7 Å². The van der Waals surface area contributed by atoms with Gasteiger partial charge >= 0.3 is 0 Å². The van der Waals surface area contributed by atoms with Gasteiger partial charge in [-0.3, -0.25) is 14.4 Å². The molecule has 8 heteroatoms. The third-order valence-electron chi connectivity index (χ3n) is 3.69. The summed E-state index contributed by atoms with van der Waals surface area (Å²) in [5, 5.41) is 5.06. The van der Waals surface area contributed by atoms with Crippen molar-refractivity contribution in [3.63, 3.8) is 0 Å². The fourth-order valence-corrected chi connectivity index (χ4v) is 2.26. The molecule has 0 aliphatic heterocycles. The Bertz CT molecular complexity index is 824. The molecular weight excluding hydrogens is 353 g/mol. The summed E-state index contributed by atoms with van der Waals surface area (Å²) in [6.07, 6.45) is 0. The molecule has 2 aromatic carbocycles. The Kier molecular flexibility index (Phi) is 6.87. The molecule has 0 aliphatic rings. The highest BCUT2D eigenvalue weighted by atomic mass is 19.1. The van der Waals surface area contributed by atoms with Crippen LogP contribution in [0.25, 0.3) is 0 Å². The largest absolute Gasteiger partial charge is 0.496 e. The second-order valence-electron chi connectivity index (χ2n) is 5.69. The third-order valence-corrected chi connectivity index (χ3v) is 3.69. The van der Waals surface area contributed by atoms with E-state index in [1.807, 2.05) is 0 Å². The number of ether oxygens (including phenoxy) is 1. The Morgan fingerprint density at radius 2 is 1.74 bits per heavy atom. The van der Waals surface area contributed by atoms with Crippen molar-refractivity contribution in [2.24, 2.45) is 0 Å². The number of carbonyl (C=O) groups excluding carboxylic acids is 3. The number of nitrogens with zero attached hydrogens (tertiary/aromatic N) is 1. The van der Waals surface area contributed by atoms with Gasteiger partial charge in [-0.1, -0.05) is 12.1 Å². The SMILES string of the molecule is COc1ccccc1C(=O)NCC(=O)N(C)CC(=O)Nc1ccc(F)cc1. The molecule has 7 nitrogen and oxygen atoms in total. The zero-order chi connectivity index (χ0) is 19.8. The molecule has 142 valence electrons. The molecule has 0 saturated carbocycles. The van der Waals surface area contributed by atoms with Crippen molar-refractivity contribution in [1.82, 2.24) is 10.2 Å². The van der Waals surface area contributed by atoms with E-state index in [0.29, 0.717) is 17.0 Å². The van der Waals surface area contributed by atoms with Crippen LogP contribution in [0.2, 0.25) is 0 Å². The molecule has 0 atom stereocenters. The zero-order valence-corrected chi connectivity index (χ0v) is 15.0. The van der Waals surface area contributed by atoms with E-state index in [1.54, 1.807) is 24.3 Å². The fraction of sp³-hybridized carbons (Fsp3) is 0.211. The number of carbonyl (C=O) groups is 3. The highest BCUT2D eigenvalue weighted by Gasteiger charge is 2.16. The number of benzene rings is 2. The van der Waals surface area contributed by atoms with Crippen molar-refractivity contribution >= 4 is 23.4 Å². The van der Waals surface area contributed by atoms with Gasteiger partial charge in [-0.25, -0.2) is 4.39 Å². The quantitative estimate of drug-likeness (QED) is 0.773. The second-order valence-corrected chi connectivity index (χ2v) is 5.69. The minimum absolute atomic E-state index is 0.208. The maximum absolute atomic E-state index is 12.9. The minimum Gasteiger partial charge on any atom is -0.496 e. The monoisotopic (exact) mass is 373 g/mol. The Morgan fingerprint density at radius 1 is 1.07 bits per heavy atom. The average molecular weight is 373 g/mol. The fourth-order valence-electron chi connectivity index (χ4n) is 2.26. The van der Waals surface area contributed by atoms with Crippen molar-refractivity contribution in [1.29, 1.82) is 0 Å². The summed E-state index contributed by atoms with van der Waals surface area (Å²) in [5.74, 6) is -1.34. The number of likely N-dealkylation sites (N-methyl/N-ethyl adjacent to an activating group) is 1.